The molecule has 2 rings (SSSR count). The predicted molar refractivity (Wildman–Crippen MR) is 79.4 cm³/mol. The van der Waals surface area contributed by atoms with Crippen LogP contribution in [-0.4, -0.2) is 35.0 Å². The number of rotatable bonds is 6. The lowest BCUT2D eigenvalue weighted by Gasteiger charge is -2.33. The fourth-order valence-electron chi connectivity index (χ4n) is 2.57. The van der Waals surface area contributed by atoms with E-state index in [1.807, 2.05) is 24.0 Å². The molecule has 0 bridgehead atoms. The van der Waals surface area contributed by atoms with E-state index in [2.05, 4.69) is 0 Å². The molecule has 110 valence electrons. The summed E-state index contributed by atoms with van der Waals surface area (Å²) in [6, 6.07) is 6.37. The van der Waals surface area contributed by atoms with Crippen molar-refractivity contribution in [1.82, 2.24) is 4.90 Å². The standard InChI is InChI=1S/C16H24N2O2/c1-2-18(11-13-4-3-5-13)16(20)15(17)10-12-6-8-14(19)9-7-12/h6-9,13,15,19H,2-5,10-11,17H2,1H3. The molecule has 1 unspecified atom stereocenters. The Morgan fingerprint density at radius 3 is 2.55 bits per heavy atom. The van der Waals surface area contributed by atoms with Crippen LogP contribution in [-0.2, 0) is 11.2 Å². The van der Waals surface area contributed by atoms with Crippen LogP contribution in [0.1, 0.15) is 31.7 Å². The molecule has 0 radical (unpaired) electrons. The van der Waals surface area contributed by atoms with E-state index in [1.54, 1.807) is 12.1 Å². The van der Waals surface area contributed by atoms with Gasteiger partial charge in [-0.25, -0.2) is 0 Å². The smallest absolute Gasteiger partial charge is 0.239 e. The number of phenols is 1. The second-order valence-electron chi connectivity index (χ2n) is 5.65. The second-order valence-corrected chi connectivity index (χ2v) is 5.65. The summed E-state index contributed by atoms with van der Waals surface area (Å²) in [6.07, 6.45) is 4.27. The number of aromatic hydroxyl groups is 1. The molecule has 0 saturated heterocycles. The van der Waals surface area contributed by atoms with Gasteiger partial charge in [0.25, 0.3) is 0 Å². The van der Waals surface area contributed by atoms with Gasteiger partial charge in [-0.3, -0.25) is 4.79 Å². The summed E-state index contributed by atoms with van der Waals surface area (Å²) in [5.74, 6) is 0.932. The minimum atomic E-state index is -0.500. The van der Waals surface area contributed by atoms with Crippen LogP contribution in [0.2, 0.25) is 0 Å². The van der Waals surface area contributed by atoms with Crippen molar-refractivity contribution in [2.45, 2.75) is 38.6 Å². The SMILES string of the molecule is CCN(CC1CCC1)C(=O)C(N)Cc1ccc(O)cc1. The number of likely N-dealkylation sites (N-methyl/N-ethyl adjacent to an activating group) is 1. The van der Waals surface area contributed by atoms with Crippen LogP contribution < -0.4 is 5.73 Å². The summed E-state index contributed by atoms with van der Waals surface area (Å²) in [4.78, 5) is 14.3. The predicted octanol–water partition coefficient (Wildman–Crippen LogP) is 1.91. The van der Waals surface area contributed by atoms with Gasteiger partial charge in [-0.05, 0) is 49.8 Å². The maximum atomic E-state index is 12.4. The molecule has 1 aromatic carbocycles. The number of amides is 1. The van der Waals surface area contributed by atoms with Crippen molar-refractivity contribution in [2.75, 3.05) is 13.1 Å². The Bertz CT molecular complexity index is 440. The highest BCUT2D eigenvalue weighted by Crippen LogP contribution is 2.27. The van der Waals surface area contributed by atoms with E-state index in [4.69, 9.17) is 5.73 Å². The van der Waals surface area contributed by atoms with Gasteiger partial charge in [0, 0.05) is 13.1 Å². The zero-order valence-corrected chi connectivity index (χ0v) is 12.1. The van der Waals surface area contributed by atoms with Gasteiger partial charge in [0.15, 0.2) is 0 Å². The van der Waals surface area contributed by atoms with Crippen molar-refractivity contribution >= 4 is 5.91 Å². The van der Waals surface area contributed by atoms with Crippen molar-refractivity contribution in [3.8, 4) is 5.75 Å². The van der Waals surface area contributed by atoms with Crippen LogP contribution in [0.5, 0.6) is 5.75 Å². The summed E-state index contributed by atoms with van der Waals surface area (Å²) < 4.78 is 0. The van der Waals surface area contributed by atoms with E-state index in [-0.39, 0.29) is 11.7 Å². The minimum Gasteiger partial charge on any atom is -0.508 e. The minimum absolute atomic E-state index is 0.0347. The molecular formula is C16H24N2O2. The highest BCUT2D eigenvalue weighted by Gasteiger charge is 2.25. The Morgan fingerprint density at radius 1 is 1.40 bits per heavy atom. The number of nitrogens with zero attached hydrogens (tertiary/aromatic N) is 1. The maximum absolute atomic E-state index is 12.4. The van der Waals surface area contributed by atoms with Crippen molar-refractivity contribution in [2.24, 2.45) is 11.7 Å². The van der Waals surface area contributed by atoms with E-state index >= 15 is 0 Å². The molecule has 1 atom stereocenters. The number of hydrogen-bond donors (Lipinski definition) is 2. The molecular weight excluding hydrogens is 252 g/mol. The molecule has 1 fully saturated rings. The average Bonchev–Trinajstić information content (AvgIpc) is 2.40. The van der Waals surface area contributed by atoms with E-state index < -0.39 is 6.04 Å². The molecule has 1 aliphatic carbocycles. The topological polar surface area (TPSA) is 66.6 Å². The van der Waals surface area contributed by atoms with Crippen LogP contribution in [0, 0.1) is 5.92 Å². The number of hydrogen-bond acceptors (Lipinski definition) is 3. The monoisotopic (exact) mass is 276 g/mol. The molecule has 3 N–H and O–H groups in total. The molecule has 0 spiro atoms. The van der Waals surface area contributed by atoms with Gasteiger partial charge in [-0.15, -0.1) is 0 Å². The summed E-state index contributed by atoms with van der Waals surface area (Å²) in [7, 11) is 0. The van der Waals surface area contributed by atoms with Crippen molar-refractivity contribution in [3.63, 3.8) is 0 Å². The highest BCUT2D eigenvalue weighted by atomic mass is 16.3. The lowest BCUT2D eigenvalue weighted by molar-refractivity contribution is -0.133. The van der Waals surface area contributed by atoms with Crippen LogP contribution in [0.25, 0.3) is 0 Å². The summed E-state index contributed by atoms with van der Waals surface area (Å²) in [5, 5.41) is 9.25. The molecule has 1 aliphatic rings. The Morgan fingerprint density at radius 2 is 2.05 bits per heavy atom. The van der Waals surface area contributed by atoms with Gasteiger partial charge < -0.3 is 15.7 Å². The summed E-state index contributed by atoms with van der Waals surface area (Å²) in [5.41, 5.74) is 7.02. The van der Waals surface area contributed by atoms with E-state index in [1.165, 1.54) is 19.3 Å². The number of carbonyl (C=O) groups is 1. The first-order valence-corrected chi connectivity index (χ1v) is 7.42. The van der Waals surface area contributed by atoms with E-state index in [0.717, 1.165) is 18.7 Å². The van der Waals surface area contributed by atoms with Gasteiger partial charge >= 0.3 is 0 Å². The number of nitrogens with two attached hydrogens (primary N) is 1. The Hall–Kier alpha value is -1.55. The van der Waals surface area contributed by atoms with Crippen molar-refractivity contribution < 1.29 is 9.90 Å². The third kappa shape index (κ3) is 3.73. The summed E-state index contributed by atoms with van der Waals surface area (Å²) in [6.45, 7) is 3.57. The zero-order valence-electron chi connectivity index (χ0n) is 12.1. The van der Waals surface area contributed by atoms with Crippen molar-refractivity contribution in [1.29, 1.82) is 0 Å². The Kier molecular flexibility index (Phi) is 5.01. The van der Waals surface area contributed by atoms with Gasteiger partial charge in [-0.2, -0.15) is 0 Å². The van der Waals surface area contributed by atoms with Crippen molar-refractivity contribution in [3.05, 3.63) is 29.8 Å². The molecule has 0 aliphatic heterocycles. The van der Waals surface area contributed by atoms with Gasteiger partial charge in [0.2, 0.25) is 5.91 Å². The quantitative estimate of drug-likeness (QED) is 0.834. The number of benzene rings is 1. The van der Waals surface area contributed by atoms with Gasteiger partial charge in [0.05, 0.1) is 6.04 Å². The van der Waals surface area contributed by atoms with Crippen LogP contribution in [0.3, 0.4) is 0 Å². The molecule has 1 aromatic rings. The van der Waals surface area contributed by atoms with E-state index in [0.29, 0.717) is 12.3 Å². The van der Waals surface area contributed by atoms with Crippen LogP contribution >= 0.6 is 0 Å². The third-order valence-corrected chi connectivity index (χ3v) is 4.11. The molecule has 0 heterocycles. The number of carbonyl (C=O) groups excluding carboxylic acids is 1. The molecule has 1 amide bonds. The first-order chi connectivity index (χ1) is 9.60. The summed E-state index contributed by atoms with van der Waals surface area (Å²) >= 11 is 0. The largest absolute Gasteiger partial charge is 0.508 e. The third-order valence-electron chi connectivity index (χ3n) is 4.11. The highest BCUT2D eigenvalue weighted by molar-refractivity contribution is 5.82. The van der Waals surface area contributed by atoms with Crippen LogP contribution in [0.15, 0.2) is 24.3 Å². The van der Waals surface area contributed by atoms with Gasteiger partial charge in [-0.1, -0.05) is 18.6 Å². The average molecular weight is 276 g/mol. The first kappa shape index (κ1) is 14.9. The fraction of sp³-hybridized carbons (Fsp3) is 0.562. The lowest BCUT2D eigenvalue weighted by atomic mass is 9.85. The first-order valence-electron chi connectivity index (χ1n) is 7.42. The molecule has 1 saturated carbocycles. The Labute approximate surface area is 120 Å². The molecule has 4 heteroatoms. The van der Waals surface area contributed by atoms with E-state index in [9.17, 15) is 9.90 Å². The molecule has 4 nitrogen and oxygen atoms in total. The molecule has 20 heavy (non-hydrogen) atoms. The zero-order chi connectivity index (χ0) is 14.5. The second kappa shape index (κ2) is 6.75. The Balaban J connectivity index is 1.90. The number of phenolic OH excluding ortho intramolecular Hbond substituents is 1. The lowest BCUT2D eigenvalue weighted by Crippen LogP contribution is -2.47. The molecule has 0 aromatic heterocycles. The van der Waals surface area contributed by atoms with Crippen LogP contribution in [0.4, 0.5) is 0 Å². The maximum Gasteiger partial charge on any atom is 0.239 e. The fourth-order valence-corrected chi connectivity index (χ4v) is 2.57. The van der Waals surface area contributed by atoms with Gasteiger partial charge in [0.1, 0.15) is 5.75 Å². The normalized spacial score (nSPS) is 16.5.